The summed E-state index contributed by atoms with van der Waals surface area (Å²) in [7, 11) is -2.01. The summed E-state index contributed by atoms with van der Waals surface area (Å²) in [6.45, 7) is 2.51. The maximum Gasteiger partial charge on any atom is 0.243 e. The van der Waals surface area contributed by atoms with Gasteiger partial charge in [-0.2, -0.15) is 4.31 Å². The summed E-state index contributed by atoms with van der Waals surface area (Å²) < 4.78 is 32.7. The Balaban J connectivity index is 0.00000225. The highest BCUT2D eigenvalue weighted by Gasteiger charge is 2.38. The van der Waals surface area contributed by atoms with Gasteiger partial charge in [0.2, 0.25) is 10.0 Å². The van der Waals surface area contributed by atoms with Gasteiger partial charge in [0.15, 0.2) is 0 Å². The van der Waals surface area contributed by atoms with Crippen LogP contribution in [0.1, 0.15) is 17.0 Å². The molecule has 1 saturated heterocycles. The Morgan fingerprint density at radius 2 is 1.80 bits per heavy atom. The average molecular weight is 383 g/mol. The van der Waals surface area contributed by atoms with Crippen LogP contribution in [0.2, 0.25) is 0 Å². The fourth-order valence-corrected chi connectivity index (χ4v) is 4.93. The molecule has 0 radical (unpaired) electrons. The van der Waals surface area contributed by atoms with Crippen LogP contribution in [0.15, 0.2) is 53.4 Å². The largest absolute Gasteiger partial charge is 0.497 e. The summed E-state index contributed by atoms with van der Waals surface area (Å²) in [6, 6.07) is 14.6. The van der Waals surface area contributed by atoms with E-state index in [0.717, 1.165) is 5.56 Å². The van der Waals surface area contributed by atoms with Crippen molar-refractivity contribution in [2.45, 2.75) is 23.8 Å². The Morgan fingerprint density at radius 3 is 2.40 bits per heavy atom. The Labute approximate surface area is 155 Å². The Bertz CT molecular complexity index is 827. The summed E-state index contributed by atoms with van der Waals surface area (Å²) in [4.78, 5) is 0.309. The van der Waals surface area contributed by atoms with Crippen molar-refractivity contribution in [1.82, 2.24) is 4.31 Å². The third-order valence-corrected chi connectivity index (χ3v) is 6.55. The molecule has 0 unspecified atom stereocenters. The first-order valence-corrected chi connectivity index (χ1v) is 9.33. The van der Waals surface area contributed by atoms with Crippen LogP contribution < -0.4 is 10.5 Å². The number of rotatable bonds is 4. The molecule has 0 aliphatic carbocycles. The molecule has 0 bridgehead atoms. The number of hydrogen-bond donors (Lipinski definition) is 1. The van der Waals surface area contributed by atoms with Crippen molar-refractivity contribution in [3.8, 4) is 5.75 Å². The van der Waals surface area contributed by atoms with Gasteiger partial charge in [-0.3, -0.25) is 0 Å². The van der Waals surface area contributed by atoms with Crippen molar-refractivity contribution in [3.63, 3.8) is 0 Å². The zero-order valence-corrected chi connectivity index (χ0v) is 15.9. The molecule has 0 amide bonds. The molecule has 0 aromatic heterocycles. The molecular formula is C18H23ClN2O3S. The molecule has 136 valence electrons. The van der Waals surface area contributed by atoms with Crippen LogP contribution in [0.4, 0.5) is 0 Å². The molecule has 3 rings (SSSR count). The van der Waals surface area contributed by atoms with Crippen LogP contribution >= 0.6 is 12.4 Å². The number of nitrogens with zero attached hydrogens (tertiary/aromatic N) is 1. The van der Waals surface area contributed by atoms with Gasteiger partial charge in [0, 0.05) is 25.0 Å². The minimum Gasteiger partial charge on any atom is -0.497 e. The molecule has 1 aliphatic rings. The maximum atomic E-state index is 13.0. The molecule has 0 saturated carbocycles. The number of hydrogen-bond acceptors (Lipinski definition) is 4. The van der Waals surface area contributed by atoms with Gasteiger partial charge in [-0.15, -0.1) is 12.4 Å². The zero-order chi connectivity index (χ0) is 17.3. The molecule has 2 aromatic carbocycles. The van der Waals surface area contributed by atoms with E-state index in [0.29, 0.717) is 29.3 Å². The molecule has 25 heavy (non-hydrogen) atoms. The highest BCUT2D eigenvalue weighted by Crippen LogP contribution is 2.32. The molecule has 0 spiro atoms. The maximum absolute atomic E-state index is 13.0. The first-order valence-electron chi connectivity index (χ1n) is 7.89. The SMILES string of the molecule is COc1ccc(S(=O)(=O)N2C[C@@H](N)[C@H](c3ccccc3)C2)c(C)c1.Cl. The minimum absolute atomic E-state index is 0. The van der Waals surface area contributed by atoms with Crippen molar-refractivity contribution >= 4 is 22.4 Å². The topological polar surface area (TPSA) is 72.6 Å². The van der Waals surface area contributed by atoms with Gasteiger partial charge in [0.1, 0.15) is 5.75 Å². The first kappa shape index (κ1) is 19.7. The number of nitrogens with two attached hydrogens (primary N) is 1. The van der Waals surface area contributed by atoms with Gasteiger partial charge in [-0.05, 0) is 36.2 Å². The molecule has 2 N–H and O–H groups in total. The molecule has 7 heteroatoms. The van der Waals surface area contributed by atoms with Crippen LogP contribution in [0, 0.1) is 6.92 Å². The highest BCUT2D eigenvalue weighted by atomic mass is 35.5. The van der Waals surface area contributed by atoms with E-state index in [9.17, 15) is 8.42 Å². The van der Waals surface area contributed by atoms with E-state index in [1.165, 1.54) is 4.31 Å². The van der Waals surface area contributed by atoms with E-state index in [1.54, 1.807) is 32.2 Å². The van der Waals surface area contributed by atoms with Gasteiger partial charge in [0.25, 0.3) is 0 Å². The van der Waals surface area contributed by atoms with Crippen molar-refractivity contribution in [1.29, 1.82) is 0 Å². The van der Waals surface area contributed by atoms with Gasteiger partial charge in [-0.1, -0.05) is 30.3 Å². The monoisotopic (exact) mass is 382 g/mol. The van der Waals surface area contributed by atoms with Crippen molar-refractivity contribution in [2.24, 2.45) is 5.73 Å². The van der Waals surface area contributed by atoms with Gasteiger partial charge in [-0.25, -0.2) is 8.42 Å². The summed E-state index contributed by atoms with van der Waals surface area (Å²) in [5, 5.41) is 0. The molecule has 1 aliphatic heterocycles. The molecule has 1 fully saturated rings. The molecule has 1 heterocycles. The van der Waals surface area contributed by atoms with E-state index < -0.39 is 10.0 Å². The van der Waals surface area contributed by atoms with Crippen molar-refractivity contribution in [2.75, 3.05) is 20.2 Å². The lowest BCUT2D eigenvalue weighted by Gasteiger charge is -2.18. The Morgan fingerprint density at radius 1 is 1.12 bits per heavy atom. The Kier molecular flexibility index (Phi) is 6.11. The number of halogens is 1. The fourth-order valence-electron chi connectivity index (χ4n) is 3.22. The highest BCUT2D eigenvalue weighted by molar-refractivity contribution is 7.89. The lowest BCUT2D eigenvalue weighted by Crippen LogP contribution is -2.32. The van der Waals surface area contributed by atoms with Crippen LogP contribution in [-0.2, 0) is 10.0 Å². The summed E-state index contributed by atoms with van der Waals surface area (Å²) in [5.74, 6) is 0.659. The smallest absolute Gasteiger partial charge is 0.243 e. The van der Waals surface area contributed by atoms with E-state index in [2.05, 4.69) is 0 Å². The van der Waals surface area contributed by atoms with Crippen molar-refractivity contribution < 1.29 is 13.2 Å². The second-order valence-corrected chi connectivity index (χ2v) is 8.04. The quantitative estimate of drug-likeness (QED) is 0.881. The van der Waals surface area contributed by atoms with Gasteiger partial charge >= 0.3 is 0 Å². The third kappa shape index (κ3) is 3.82. The second-order valence-electron chi connectivity index (χ2n) is 6.13. The van der Waals surface area contributed by atoms with Gasteiger partial charge < -0.3 is 10.5 Å². The average Bonchev–Trinajstić information content (AvgIpc) is 2.98. The number of sulfonamides is 1. The zero-order valence-electron chi connectivity index (χ0n) is 14.3. The van der Waals surface area contributed by atoms with Crippen LogP contribution in [0.3, 0.4) is 0 Å². The lowest BCUT2D eigenvalue weighted by atomic mass is 9.95. The standard InChI is InChI=1S/C18H22N2O3S.ClH/c1-13-10-15(23-2)8-9-18(13)24(21,22)20-11-16(17(19)12-20)14-6-4-3-5-7-14;/h3-10,16-17H,11-12,19H2,1-2H3;1H/t16-,17+;/m0./s1. The van der Waals surface area contributed by atoms with Crippen LogP contribution in [0.5, 0.6) is 5.75 Å². The van der Waals surface area contributed by atoms with Crippen molar-refractivity contribution in [3.05, 3.63) is 59.7 Å². The predicted octanol–water partition coefficient (Wildman–Crippen LogP) is 2.54. The number of aryl methyl sites for hydroxylation is 1. The van der Waals surface area contributed by atoms with E-state index in [-0.39, 0.29) is 24.4 Å². The summed E-state index contributed by atoms with van der Waals surface area (Å²) in [5.41, 5.74) is 7.98. The molecule has 2 atom stereocenters. The molecular weight excluding hydrogens is 360 g/mol. The van der Waals surface area contributed by atoms with Crippen LogP contribution in [-0.4, -0.2) is 39.0 Å². The van der Waals surface area contributed by atoms with E-state index >= 15 is 0 Å². The van der Waals surface area contributed by atoms with E-state index in [4.69, 9.17) is 10.5 Å². The summed E-state index contributed by atoms with van der Waals surface area (Å²) in [6.07, 6.45) is 0. The minimum atomic E-state index is -3.57. The number of methoxy groups -OCH3 is 1. The van der Waals surface area contributed by atoms with E-state index in [1.807, 2.05) is 30.3 Å². The van der Waals surface area contributed by atoms with Crippen LogP contribution in [0.25, 0.3) is 0 Å². The normalized spacial score (nSPS) is 20.9. The third-order valence-electron chi connectivity index (χ3n) is 4.56. The Hall–Kier alpha value is -1.60. The van der Waals surface area contributed by atoms with Gasteiger partial charge in [0.05, 0.1) is 12.0 Å². The molecule has 2 aromatic rings. The number of benzene rings is 2. The second kappa shape index (κ2) is 7.74. The molecule has 5 nitrogen and oxygen atoms in total. The number of ether oxygens (including phenoxy) is 1. The first-order chi connectivity index (χ1) is 11.4. The fraction of sp³-hybridized carbons (Fsp3) is 0.333. The predicted molar refractivity (Wildman–Crippen MR) is 101 cm³/mol. The summed E-state index contributed by atoms with van der Waals surface area (Å²) >= 11 is 0. The lowest BCUT2D eigenvalue weighted by molar-refractivity contribution is 0.414.